The first kappa shape index (κ1) is 40.1. The van der Waals surface area contributed by atoms with Crippen molar-refractivity contribution in [3.05, 3.63) is 84.2 Å². The van der Waals surface area contributed by atoms with Gasteiger partial charge in [0.15, 0.2) is 0 Å². The molecule has 1 aromatic carbocycles. The second-order valence-corrected chi connectivity index (χ2v) is 14.9. The zero-order valence-corrected chi connectivity index (χ0v) is 32.1. The summed E-state index contributed by atoms with van der Waals surface area (Å²) in [7, 11) is 2.40. The lowest BCUT2D eigenvalue weighted by Gasteiger charge is -2.30. The maximum Gasteiger partial charge on any atom is 0.419 e. The summed E-state index contributed by atoms with van der Waals surface area (Å²) in [6.07, 6.45) is 4.75. The third kappa shape index (κ3) is 9.79. The number of anilines is 3. The van der Waals surface area contributed by atoms with Gasteiger partial charge in [0.1, 0.15) is 28.9 Å². The van der Waals surface area contributed by atoms with Crippen LogP contribution in [0.1, 0.15) is 45.3 Å². The molecule has 0 radical (unpaired) electrons. The molecule has 4 N–H and O–H groups in total. The third-order valence-electron chi connectivity index (χ3n) is 7.94. The number of carbonyl (C=O) groups is 4. The molecule has 0 bridgehead atoms. The van der Waals surface area contributed by atoms with Crippen LogP contribution in [0.4, 0.5) is 17.1 Å². The molecule has 4 rings (SSSR count). The van der Waals surface area contributed by atoms with Crippen LogP contribution in [0.3, 0.4) is 0 Å². The highest BCUT2D eigenvalue weighted by atomic mass is 35.5. The van der Waals surface area contributed by atoms with Crippen molar-refractivity contribution < 1.29 is 33.0 Å². The third-order valence-corrected chi connectivity index (χ3v) is 10.4. The number of hydrogen-bond acceptors (Lipinski definition) is 7. The van der Waals surface area contributed by atoms with E-state index in [0.29, 0.717) is 22.8 Å². The van der Waals surface area contributed by atoms with Gasteiger partial charge >= 0.3 is 13.6 Å². The number of alkyl halides is 2. The average Bonchev–Trinajstić information content (AvgIpc) is 3.77. The number of esters is 1. The number of benzene rings is 1. The van der Waals surface area contributed by atoms with E-state index in [1.807, 2.05) is 6.07 Å². The number of nitrogens with zero attached hydrogens (tertiary/aromatic N) is 4. The van der Waals surface area contributed by atoms with Gasteiger partial charge in [-0.1, -0.05) is 32.0 Å². The summed E-state index contributed by atoms with van der Waals surface area (Å²) in [6, 6.07) is 12.4. The first-order valence-corrected chi connectivity index (χ1v) is 18.8. The molecule has 3 aromatic heterocycles. The van der Waals surface area contributed by atoms with Crippen LogP contribution in [-0.4, -0.2) is 80.1 Å². The van der Waals surface area contributed by atoms with Crippen molar-refractivity contribution in [3.63, 3.8) is 0 Å². The van der Waals surface area contributed by atoms with Crippen LogP contribution in [0.2, 0.25) is 0 Å². The summed E-state index contributed by atoms with van der Waals surface area (Å²) in [4.78, 5) is 51.8. The summed E-state index contributed by atoms with van der Waals surface area (Å²) in [5.74, 6) is -1.53. The molecular weight excluding hydrogens is 734 g/mol. The lowest BCUT2D eigenvalue weighted by atomic mass is 10.0. The Morgan fingerprint density at radius 3 is 1.69 bits per heavy atom. The van der Waals surface area contributed by atoms with E-state index in [9.17, 15) is 23.7 Å². The van der Waals surface area contributed by atoms with Gasteiger partial charge in [0.05, 0.1) is 24.2 Å². The highest BCUT2D eigenvalue weighted by Gasteiger charge is 2.34. The average molecular weight is 778 g/mol. The maximum absolute atomic E-state index is 14.3. The van der Waals surface area contributed by atoms with Gasteiger partial charge in [-0.15, -0.1) is 23.2 Å². The van der Waals surface area contributed by atoms with E-state index in [1.165, 1.54) is 29.9 Å². The van der Waals surface area contributed by atoms with E-state index in [0.717, 1.165) is 0 Å². The number of para-hydroxylation sites is 1. The van der Waals surface area contributed by atoms with Crippen molar-refractivity contribution in [1.82, 2.24) is 23.7 Å². The Balaban J connectivity index is 1.46. The van der Waals surface area contributed by atoms with Gasteiger partial charge in [-0.2, -0.15) is 0 Å². The molecule has 0 aliphatic carbocycles. The van der Waals surface area contributed by atoms with Crippen LogP contribution in [0.25, 0.3) is 0 Å². The van der Waals surface area contributed by atoms with Gasteiger partial charge in [0.2, 0.25) is 0 Å². The molecule has 0 spiro atoms. The fourth-order valence-electron chi connectivity index (χ4n) is 5.31. The van der Waals surface area contributed by atoms with E-state index in [1.54, 1.807) is 91.7 Å². The largest absolute Gasteiger partial charge is 0.467 e. The highest BCUT2D eigenvalue weighted by molar-refractivity contribution is 7.58. The fourth-order valence-corrected chi connectivity index (χ4v) is 7.84. The Morgan fingerprint density at radius 1 is 0.769 bits per heavy atom. The predicted octanol–water partition coefficient (Wildman–Crippen LogP) is 5.51. The van der Waals surface area contributed by atoms with Crippen LogP contribution < -0.4 is 25.6 Å². The van der Waals surface area contributed by atoms with Crippen LogP contribution in [0.15, 0.2) is 67.1 Å². The van der Waals surface area contributed by atoms with E-state index in [2.05, 4.69) is 21.0 Å². The number of ether oxygens (including phenoxy) is 1. The topological polar surface area (TPSA) is 170 Å². The van der Waals surface area contributed by atoms with E-state index in [-0.39, 0.29) is 47.8 Å². The molecule has 280 valence electrons. The number of nitrogens with one attached hydrogen (secondary N) is 4. The summed E-state index contributed by atoms with van der Waals surface area (Å²) in [6.45, 7) is 4.03. The summed E-state index contributed by atoms with van der Waals surface area (Å²) in [5.41, 5.74) is 1.72. The van der Waals surface area contributed by atoms with Crippen molar-refractivity contribution in [2.75, 3.05) is 47.7 Å². The normalized spacial score (nSPS) is 13.0. The monoisotopic (exact) mass is 776 g/mol. The summed E-state index contributed by atoms with van der Waals surface area (Å²) >= 11 is 12.0. The Morgan fingerprint density at radius 2 is 1.23 bits per heavy atom. The van der Waals surface area contributed by atoms with Crippen molar-refractivity contribution >= 4 is 71.6 Å². The lowest BCUT2D eigenvalue weighted by molar-refractivity contribution is -0.144. The molecule has 4 aromatic rings. The second kappa shape index (κ2) is 17.7. The molecule has 2 atom stereocenters. The van der Waals surface area contributed by atoms with Gasteiger partial charge in [-0.05, 0) is 36.2 Å². The van der Waals surface area contributed by atoms with E-state index >= 15 is 0 Å². The van der Waals surface area contributed by atoms with Crippen LogP contribution >= 0.6 is 30.9 Å². The Hall–Kier alpha value is -4.69. The minimum Gasteiger partial charge on any atom is -0.467 e. The molecule has 0 aliphatic rings. The van der Waals surface area contributed by atoms with Crippen LogP contribution in [0, 0.1) is 5.92 Å². The second-order valence-electron chi connectivity index (χ2n) is 12.2. The quantitative estimate of drug-likeness (QED) is 0.0614. The molecule has 52 heavy (non-hydrogen) atoms. The maximum atomic E-state index is 14.3. The Kier molecular flexibility index (Phi) is 13.6. The van der Waals surface area contributed by atoms with Gasteiger partial charge in [-0.3, -0.25) is 19.5 Å². The van der Waals surface area contributed by atoms with Crippen LogP contribution in [-0.2, 0) is 35.2 Å². The number of aromatic nitrogens is 3. The number of halogens is 2. The molecule has 3 heterocycles. The molecule has 0 fully saturated rings. The molecule has 1 unspecified atom stereocenters. The zero-order valence-electron chi connectivity index (χ0n) is 29.7. The number of methoxy groups -OCH3 is 1. The number of carbonyl (C=O) groups excluding carboxylic acids is 4. The lowest BCUT2D eigenvalue weighted by Crippen LogP contribution is -2.45. The first-order valence-electron chi connectivity index (χ1n) is 16.2. The van der Waals surface area contributed by atoms with Gasteiger partial charge in [-0.25, -0.2) is 14.0 Å². The van der Waals surface area contributed by atoms with Crippen molar-refractivity contribution in [1.29, 1.82) is 0 Å². The molecular formula is C34H43Cl2N8O7P. The number of hydrogen-bond donors (Lipinski definition) is 4. The Bertz CT molecular complexity index is 1940. The Labute approximate surface area is 312 Å². The van der Waals surface area contributed by atoms with Gasteiger partial charge in [0, 0.05) is 64.6 Å². The fraction of sp³-hybridized carbons (Fsp3) is 0.353. The summed E-state index contributed by atoms with van der Waals surface area (Å²) < 4.78 is 31.2. The molecule has 18 heteroatoms. The number of amides is 3. The molecule has 15 nitrogen and oxygen atoms in total. The van der Waals surface area contributed by atoms with Crippen molar-refractivity contribution in [3.8, 4) is 5.75 Å². The minimum atomic E-state index is -3.80. The standard InChI is InChI=1S/C34H43Cl2N8O7P/c1-22(2)30(34(48)50-6)39-33(47)28-17-24(20-42(28)4)37-31(45)27-16-23(19-41(27)3)38-32(46)29-18-25(21-43(29)5)40-52(49,44(14-12-35)15-13-36)51-26-10-8-7-9-11-26/h7-11,16-22,30H,12-15H2,1-6H3,(H,37,45)(H,38,46)(H,39,47)(H,40,49)/t30-,52?/m0/s1. The van der Waals surface area contributed by atoms with E-state index in [4.69, 9.17) is 32.5 Å². The predicted molar refractivity (Wildman–Crippen MR) is 202 cm³/mol. The molecule has 0 saturated carbocycles. The molecule has 3 amide bonds. The summed E-state index contributed by atoms with van der Waals surface area (Å²) in [5, 5.41) is 11.2. The minimum absolute atomic E-state index is 0.182. The molecule has 0 saturated heterocycles. The number of aryl methyl sites for hydroxylation is 3. The van der Waals surface area contributed by atoms with Crippen molar-refractivity contribution in [2.45, 2.75) is 19.9 Å². The zero-order chi connectivity index (χ0) is 38.2. The van der Waals surface area contributed by atoms with E-state index < -0.39 is 37.4 Å². The smallest absolute Gasteiger partial charge is 0.419 e. The first-order chi connectivity index (χ1) is 24.7. The SMILES string of the molecule is COC(=O)[C@@H](NC(=O)c1cc(NC(=O)c2cc(NC(=O)c3cc(NP(=O)(Oc4ccccc4)N(CCCl)CCCl)cn3C)cn2C)cn1C)C(C)C. The molecule has 0 aliphatic heterocycles. The van der Waals surface area contributed by atoms with Crippen molar-refractivity contribution in [2.24, 2.45) is 27.1 Å². The number of rotatable bonds is 17. The highest BCUT2D eigenvalue weighted by Crippen LogP contribution is 2.50. The van der Waals surface area contributed by atoms with Crippen LogP contribution in [0.5, 0.6) is 5.75 Å². The van der Waals surface area contributed by atoms with Gasteiger partial charge in [0.25, 0.3) is 17.7 Å². The van der Waals surface area contributed by atoms with Gasteiger partial charge < -0.3 is 38.9 Å².